The predicted molar refractivity (Wildman–Crippen MR) is 83.5 cm³/mol. The molecule has 0 saturated carbocycles. The molecular weight excluding hydrogens is 351 g/mol. The van der Waals surface area contributed by atoms with Gasteiger partial charge >= 0.3 is 6.18 Å². The van der Waals surface area contributed by atoms with Crippen molar-refractivity contribution in [1.29, 1.82) is 0 Å². The molecule has 1 aliphatic heterocycles. The molecule has 0 atom stereocenters. The van der Waals surface area contributed by atoms with Crippen LogP contribution in [-0.2, 0) is 26.2 Å². The summed E-state index contributed by atoms with van der Waals surface area (Å²) in [6.45, 7) is 4.07. The second-order valence-corrected chi connectivity index (χ2v) is 5.99. The Morgan fingerprint density at radius 3 is 2.65 bits per heavy atom. The van der Waals surface area contributed by atoms with E-state index in [1.807, 2.05) is 10.8 Å². The molecule has 4 rings (SSSR count). The molecule has 3 aromatic rings. The Balaban J connectivity index is 1.80. The minimum absolute atomic E-state index is 0.0715. The van der Waals surface area contributed by atoms with Gasteiger partial charge in [-0.2, -0.15) is 22.8 Å². The van der Waals surface area contributed by atoms with Gasteiger partial charge in [-0.05, 0) is 6.92 Å². The summed E-state index contributed by atoms with van der Waals surface area (Å²) in [5, 5.41) is 10.9. The van der Waals surface area contributed by atoms with Gasteiger partial charge in [0.1, 0.15) is 17.3 Å². The molecule has 0 aliphatic carbocycles. The molecule has 1 N–H and O–H groups in total. The van der Waals surface area contributed by atoms with Gasteiger partial charge in [0.05, 0.1) is 0 Å². The maximum atomic E-state index is 12.9. The number of nitrogens with zero attached hydrogens (tertiary/aromatic N) is 8. The molecule has 0 spiro atoms. The number of halogens is 3. The summed E-state index contributed by atoms with van der Waals surface area (Å²) in [7, 11) is 1.38. The number of alkyl halides is 3. The van der Waals surface area contributed by atoms with E-state index in [0.717, 1.165) is 36.6 Å². The minimum atomic E-state index is -4.63. The van der Waals surface area contributed by atoms with Crippen molar-refractivity contribution < 1.29 is 13.2 Å². The fourth-order valence-electron chi connectivity index (χ4n) is 2.88. The third kappa shape index (κ3) is 2.85. The van der Waals surface area contributed by atoms with Gasteiger partial charge < -0.3 is 9.88 Å². The second-order valence-electron chi connectivity index (χ2n) is 5.99. The van der Waals surface area contributed by atoms with Crippen LogP contribution in [0.1, 0.15) is 17.5 Å². The van der Waals surface area contributed by atoms with Crippen LogP contribution >= 0.6 is 0 Å². The van der Waals surface area contributed by atoms with Crippen LogP contribution < -0.4 is 5.32 Å². The lowest BCUT2D eigenvalue weighted by molar-refractivity contribution is -0.144. The summed E-state index contributed by atoms with van der Waals surface area (Å²) in [4.78, 5) is 12.5. The van der Waals surface area contributed by atoms with Gasteiger partial charge in [0.2, 0.25) is 0 Å². The lowest BCUT2D eigenvalue weighted by atomic mass is 10.4. The van der Waals surface area contributed by atoms with Crippen LogP contribution in [0, 0.1) is 6.92 Å². The van der Waals surface area contributed by atoms with Crippen LogP contribution in [0.2, 0.25) is 0 Å². The Morgan fingerprint density at radius 1 is 1.12 bits per heavy atom. The molecular formula is C14H16F3N9. The van der Waals surface area contributed by atoms with Gasteiger partial charge in [0, 0.05) is 39.3 Å². The van der Waals surface area contributed by atoms with Crippen molar-refractivity contribution in [3.8, 4) is 17.5 Å². The van der Waals surface area contributed by atoms with Gasteiger partial charge in [-0.25, -0.2) is 14.6 Å². The highest BCUT2D eigenvalue weighted by atomic mass is 19.4. The molecule has 26 heavy (non-hydrogen) atoms. The Kier molecular flexibility index (Phi) is 3.79. The minimum Gasteiger partial charge on any atom is -0.333 e. The van der Waals surface area contributed by atoms with Crippen molar-refractivity contribution in [2.75, 3.05) is 13.1 Å². The lowest BCUT2D eigenvalue weighted by Gasteiger charge is -2.02. The summed E-state index contributed by atoms with van der Waals surface area (Å²) in [6, 6.07) is 0. The average Bonchev–Trinajstić information content (AvgIpc) is 3.20. The highest BCUT2D eigenvalue weighted by Crippen LogP contribution is 2.28. The van der Waals surface area contributed by atoms with E-state index in [9.17, 15) is 13.2 Å². The summed E-state index contributed by atoms with van der Waals surface area (Å²) < 4.78 is 43.0. The smallest absolute Gasteiger partial charge is 0.333 e. The van der Waals surface area contributed by atoms with E-state index in [1.54, 1.807) is 6.92 Å². The van der Waals surface area contributed by atoms with Crippen molar-refractivity contribution in [2.24, 2.45) is 7.05 Å². The Labute approximate surface area is 145 Å². The first-order valence-electron chi connectivity index (χ1n) is 8.02. The number of hydrogen-bond donors (Lipinski definition) is 1. The van der Waals surface area contributed by atoms with E-state index in [4.69, 9.17) is 0 Å². The molecule has 3 aromatic heterocycles. The monoisotopic (exact) mass is 367 g/mol. The summed E-state index contributed by atoms with van der Waals surface area (Å²) >= 11 is 0. The molecule has 0 saturated heterocycles. The first-order chi connectivity index (χ1) is 12.3. The molecule has 0 radical (unpaired) electrons. The summed E-state index contributed by atoms with van der Waals surface area (Å²) in [5.41, 5.74) is 0.541. The van der Waals surface area contributed by atoms with E-state index < -0.39 is 12.0 Å². The van der Waals surface area contributed by atoms with E-state index in [0.29, 0.717) is 17.3 Å². The Morgan fingerprint density at radius 2 is 1.92 bits per heavy atom. The van der Waals surface area contributed by atoms with E-state index in [2.05, 4.69) is 30.5 Å². The Bertz CT molecular complexity index is 926. The largest absolute Gasteiger partial charge is 0.453 e. The number of hydrogen-bond acceptors (Lipinski definition) is 6. The van der Waals surface area contributed by atoms with Crippen molar-refractivity contribution >= 4 is 0 Å². The molecule has 0 amide bonds. The van der Waals surface area contributed by atoms with Crippen LogP contribution in [0.5, 0.6) is 0 Å². The SMILES string of the molecule is Cc1nc(-c2cn3c(n2)CCNCC3)n(-c2nc(C(F)(F)F)nn2C)n1. The zero-order valence-electron chi connectivity index (χ0n) is 14.1. The van der Waals surface area contributed by atoms with Crippen LogP contribution in [0.4, 0.5) is 13.2 Å². The predicted octanol–water partition coefficient (Wildman–Crippen LogP) is 0.732. The quantitative estimate of drug-likeness (QED) is 0.718. The summed E-state index contributed by atoms with van der Waals surface area (Å²) in [5.74, 6) is 0.339. The van der Waals surface area contributed by atoms with Gasteiger partial charge in [0.15, 0.2) is 5.82 Å². The number of nitrogens with one attached hydrogen (secondary N) is 1. The fraction of sp³-hybridized carbons (Fsp3) is 0.500. The highest BCUT2D eigenvalue weighted by molar-refractivity contribution is 5.51. The first kappa shape index (κ1) is 16.7. The van der Waals surface area contributed by atoms with Crippen LogP contribution in [0.3, 0.4) is 0 Å². The third-order valence-corrected chi connectivity index (χ3v) is 4.04. The number of aryl methyl sites for hydroxylation is 2. The highest BCUT2D eigenvalue weighted by Gasteiger charge is 2.37. The molecule has 0 aromatic carbocycles. The van der Waals surface area contributed by atoms with Gasteiger partial charge in [0.25, 0.3) is 11.8 Å². The van der Waals surface area contributed by atoms with E-state index in [1.165, 1.54) is 11.7 Å². The Hall–Kier alpha value is -2.76. The first-order valence-corrected chi connectivity index (χ1v) is 8.02. The second kappa shape index (κ2) is 5.90. The molecule has 4 heterocycles. The van der Waals surface area contributed by atoms with Crippen LogP contribution in [0.25, 0.3) is 17.5 Å². The topological polar surface area (TPSA) is 91.3 Å². The molecule has 9 nitrogen and oxygen atoms in total. The van der Waals surface area contributed by atoms with Gasteiger partial charge in [-0.1, -0.05) is 0 Å². The molecule has 12 heteroatoms. The van der Waals surface area contributed by atoms with Crippen LogP contribution in [0.15, 0.2) is 6.20 Å². The third-order valence-electron chi connectivity index (χ3n) is 4.04. The van der Waals surface area contributed by atoms with E-state index >= 15 is 0 Å². The molecule has 138 valence electrons. The standard InChI is InChI=1S/C14H16F3N9/c1-8-19-11(9-7-25-6-5-18-4-3-10(25)20-9)26(22-8)13-21-12(14(15,16)17)23-24(13)2/h7,18H,3-6H2,1-2H3. The average molecular weight is 367 g/mol. The molecule has 0 bridgehead atoms. The molecule has 1 aliphatic rings. The summed E-state index contributed by atoms with van der Waals surface area (Å²) in [6.07, 6.45) is -2.04. The number of aromatic nitrogens is 8. The van der Waals surface area contributed by atoms with Crippen molar-refractivity contribution in [1.82, 2.24) is 44.4 Å². The molecule has 0 fully saturated rings. The maximum Gasteiger partial charge on any atom is 0.453 e. The van der Waals surface area contributed by atoms with Gasteiger partial charge in [-0.3, -0.25) is 0 Å². The lowest BCUT2D eigenvalue weighted by Crippen LogP contribution is -2.17. The number of rotatable bonds is 2. The molecule has 0 unspecified atom stereocenters. The van der Waals surface area contributed by atoms with Crippen LogP contribution in [-0.4, -0.2) is 52.2 Å². The maximum absolute atomic E-state index is 12.9. The zero-order valence-corrected chi connectivity index (χ0v) is 14.1. The van der Waals surface area contributed by atoms with Crippen molar-refractivity contribution in [2.45, 2.75) is 26.1 Å². The normalized spacial score (nSPS) is 15.1. The fourth-order valence-corrected chi connectivity index (χ4v) is 2.88. The van der Waals surface area contributed by atoms with Crippen molar-refractivity contribution in [3.63, 3.8) is 0 Å². The van der Waals surface area contributed by atoms with Crippen molar-refractivity contribution in [3.05, 3.63) is 23.7 Å². The number of fused-ring (bicyclic) bond motifs is 1. The zero-order chi connectivity index (χ0) is 18.5. The number of imidazole rings is 1. The van der Waals surface area contributed by atoms with Gasteiger partial charge in [-0.15, -0.1) is 10.2 Å². The van der Waals surface area contributed by atoms with E-state index in [-0.39, 0.29) is 5.95 Å².